The molecule has 0 atom stereocenters. The van der Waals surface area contributed by atoms with Gasteiger partial charge in [0, 0.05) is 10.8 Å². The normalized spacial score (nSPS) is 17.8. The molecule has 0 unspecified atom stereocenters. The van der Waals surface area contributed by atoms with Crippen molar-refractivity contribution >= 4 is 11.6 Å². The zero-order valence-electron chi connectivity index (χ0n) is 25.4. The second-order valence-electron chi connectivity index (χ2n) is 13.4. The van der Waals surface area contributed by atoms with Crippen LogP contribution in [0.5, 0.6) is 0 Å². The Morgan fingerprint density at radius 2 is 0.977 bits per heavy atom. The first-order valence-electron chi connectivity index (χ1n) is 15.4. The molecule has 0 amide bonds. The fourth-order valence-electron chi connectivity index (χ4n) is 8.60. The lowest BCUT2D eigenvalue weighted by Crippen LogP contribution is -2.40. The van der Waals surface area contributed by atoms with Crippen molar-refractivity contribution in [3.63, 3.8) is 0 Å². The minimum absolute atomic E-state index is 0.0655. The molecule has 5 aromatic carbocycles. The Bertz CT molecular complexity index is 1990. The van der Waals surface area contributed by atoms with Gasteiger partial charge < -0.3 is 0 Å². The SMILES string of the molecule is C=CC1=C(/C=C\c2ccc3c(c2)C2(c4ccccc4-3)c3ccccc3C(C)(C)c3ccccc32)c2ccccc2C1(C)C. The van der Waals surface area contributed by atoms with E-state index in [4.69, 9.17) is 0 Å². The Kier molecular flexibility index (Phi) is 5.39. The van der Waals surface area contributed by atoms with Crippen LogP contribution >= 0.6 is 0 Å². The molecule has 5 aromatic rings. The largest absolute Gasteiger partial charge is 0.0987 e. The van der Waals surface area contributed by atoms with Gasteiger partial charge in [-0.3, -0.25) is 0 Å². The molecule has 3 aliphatic carbocycles. The van der Waals surface area contributed by atoms with Crippen LogP contribution in [0.25, 0.3) is 22.8 Å². The van der Waals surface area contributed by atoms with Crippen LogP contribution in [0.3, 0.4) is 0 Å². The van der Waals surface area contributed by atoms with Crippen LogP contribution in [0.2, 0.25) is 0 Å². The molecular formula is C43H36. The minimum atomic E-state index is -0.369. The van der Waals surface area contributed by atoms with Crippen molar-refractivity contribution in [3.05, 3.63) is 190 Å². The number of rotatable bonds is 3. The maximum absolute atomic E-state index is 4.22. The average molecular weight is 553 g/mol. The lowest BCUT2D eigenvalue weighted by Gasteiger charge is -2.46. The molecule has 3 aliphatic rings. The topological polar surface area (TPSA) is 0 Å². The molecule has 8 rings (SSSR count). The van der Waals surface area contributed by atoms with E-state index in [0.29, 0.717) is 0 Å². The summed E-state index contributed by atoms with van der Waals surface area (Å²) in [5.41, 5.74) is 16.9. The third-order valence-corrected chi connectivity index (χ3v) is 10.6. The van der Waals surface area contributed by atoms with Gasteiger partial charge in [0.2, 0.25) is 0 Å². The van der Waals surface area contributed by atoms with E-state index in [1.165, 1.54) is 72.3 Å². The maximum Gasteiger partial charge on any atom is 0.0719 e. The number of hydrogen-bond acceptors (Lipinski definition) is 0. The Labute approximate surface area is 255 Å². The molecule has 0 bridgehead atoms. The molecule has 0 aromatic heterocycles. The third-order valence-electron chi connectivity index (χ3n) is 10.6. The number of benzene rings is 5. The van der Waals surface area contributed by atoms with Gasteiger partial charge in [0.05, 0.1) is 5.41 Å². The van der Waals surface area contributed by atoms with Crippen LogP contribution in [-0.2, 0) is 16.2 Å². The molecule has 0 heteroatoms. The van der Waals surface area contributed by atoms with E-state index in [9.17, 15) is 0 Å². The van der Waals surface area contributed by atoms with Gasteiger partial charge in [0.15, 0.2) is 0 Å². The number of allylic oxidation sites excluding steroid dienone is 4. The van der Waals surface area contributed by atoms with Gasteiger partial charge in [-0.1, -0.05) is 162 Å². The lowest BCUT2D eigenvalue weighted by atomic mass is 9.55. The summed E-state index contributed by atoms with van der Waals surface area (Å²) >= 11 is 0. The van der Waals surface area contributed by atoms with E-state index in [-0.39, 0.29) is 16.2 Å². The predicted octanol–water partition coefficient (Wildman–Crippen LogP) is 10.6. The maximum atomic E-state index is 4.22. The fraction of sp³-hybridized carbons (Fsp3) is 0.163. The zero-order valence-corrected chi connectivity index (χ0v) is 25.4. The summed E-state index contributed by atoms with van der Waals surface area (Å²) in [6.07, 6.45) is 6.66. The molecule has 1 spiro atoms. The summed E-state index contributed by atoms with van der Waals surface area (Å²) in [5, 5.41) is 0. The van der Waals surface area contributed by atoms with Gasteiger partial charge in [0.25, 0.3) is 0 Å². The molecule has 0 saturated carbocycles. The smallest absolute Gasteiger partial charge is 0.0719 e. The van der Waals surface area contributed by atoms with E-state index in [1.807, 2.05) is 6.08 Å². The van der Waals surface area contributed by atoms with E-state index in [2.05, 4.69) is 162 Å². The van der Waals surface area contributed by atoms with E-state index >= 15 is 0 Å². The van der Waals surface area contributed by atoms with E-state index in [1.54, 1.807) is 0 Å². The van der Waals surface area contributed by atoms with E-state index in [0.717, 1.165) is 0 Å². The van der Waals surface area contributed by atoms with Crippen molar-refractivity contribution in [1.29, 1.82) is 0 Å². The Hall–Kier alpha value is -4.68. The predicted molar refractivity (Wildman–Crippen MR) is 181 cm³/mol. The highest BCUT2D eigenvalue weighted by molar-refractivity contribution is 5.92. The summed E-state index contributed by atoms with van der Waals surface area (Å²) in [4.78, 5) is 0. The van der Waals surface area contributed by atoms with Gasteiger partial charge in [0.1, 0.15) is 0 Å². The van der Waals surface area contributed by atoms with Crippen molar-refractivity contribution in [2.24, 2.45) is 0 Å². The zero-order chi connectivity index (χ0) is 29.6. The molecule has 0 heterocycles. The second kappa shape index (κ2) is 8.91. The minimum Gasteiger partial charge on any atom is -0.0987 e. The van der Waals surface area contributed by atoms with E-state index < -0.39 is 0 Å². The number of hydrogen-bond donors (Lipinski definition) is 0. The number of fused-ring (bicyclic) bond motifs is 10. The van der Waals surface area contributed by atoms with Gasteiger partial charge in [-0.05, 0) is 78.4 Å². The second-order valence-corrected chi connectivity index (χ2v) is 13.4. The van der Waals surface area contributed by atoms with Crippen LogP contribution in [0, 0.1) is 0 Å². The molecule has 208 valence electrons. The summed E-state index contributed by atoms with van der Waals surface area (Å²) in [7, 11) is 0. The van der Waals surface area contributed by atoms with Gasteiger partial charge >= 0.3 is 0 Å². The summed E-state index contributed by atoms with van der Waals surface area (Å²) in [5.74, 6) is 0. The molecule has 43 heavy (non-hydrogen) atoms. The van der Waals surface area contributed by atoms with Gasteiger partial charge in [-0.25, -0.2) is 0 Å². The standard InChI is InChI=1S/C43H36/c1-6-33-31(29-15-7-9-17-34(29)41(33,2)3)25-23-28-24-26-32-30-16-8-10-18-35(30)43(40(32)27-28)38-21-13-11-19-36(38)42(4,5)37-20-12-14-22-39(37)43/h6-27H,1H2,2-5H3/b25-23-. The highest BCUT2D eigenvalue weighted by atomic mass is 14.5. The lowest BCUT2D eigenvalue weighted by molar-refractivity contribution is 0.563. The first-order chi connectivity index (χ1) is 20.8. The summed E-state index contributed by atoms with van der Waals surface area (Å²) < 4.78 is 0. The van der Waals surface area contributed by atoms with Gasteiger partial charge in [-0.15, -0.1) is 0 Å². The first kappa shape index (κ1) is 26.0. The fourth-order valence-corrected chi connectivity index (χ4v) is 8.60. The van der Waals surface area contributed by atoms with Crippen molar-refractivity contribution in [2.75, 3.05) is 0 Å². The highest BCUT2D eigenvalue weighted by Crippen LogP contribution is 2.62. The van der Waals surface area contributed by atoms with Gasteiger partial charge in [-0.2, -0.15) is 0 Å². The van der Waals surface area contributed by atoms with Crippen molar-refractivity contribution in [2.45, 2.75) is 43.9 Å². The van der Waals surface area contributed by atoms with Crippen LogP contribution in [0.4, 0.5) is 0 Å². The monoisotopic (exact) mass is 552 g/mol. The average Bonchev–Trinajstić information content (AvgIpc) is 3.44. The molecular weight excluding hydrogens is 516 g/mol. The third kappa shape index (κ3) is 3.27. The quantitative estimate of drug-likeness (QED) is 0.205. The van der Waals surface area contributed by atoms with Crippen LogP contribution in [0.1, 0.15) is 77.8 Å². The molecule has 0 nitrogen and oxygen atoms in total. The summed E-state index contributed by atoms with van der Waals surface area (Å²) in [6.45, 7) is 13.6. The summed E-state index contributed by atoms with van der Waals surface area (Å²) in [6, 6.07) is 43.2. The Morgan fingerprint density at radius 3 is 1.60 bits per heavy atom. The Morgan fingerprint density at radius 1 is 0.465 bits per heavy atom. The highest BCUT2D eigenvalue weighted by Gasteiger charge is 2.53. The van der Waals surface area contributed by atoms with Crippen LogP contribution in [-0.4, -0.2) is 0 Å². The van der Waals surface area contributed by atoms with Crippen molar-refractivity contribution in [3.8, 4) is 11.1 Å². The molecule has 0 radical (unpaired) electrons. The molecule has 0 fully saturated rings. The van der Waals surface area contributed by atoms with Crippen LogP contribution < -0.4 is 0 Å². The molecule has 0 N–H and O–H groups in total. The van der Waals surface area contributed by atoms with Crippen molar-refractivity contribution in [1.82, 2.24) is 0 Å². The first-order valence-corrected chi connectivity index (χ1v) is 15.4. The molecule has 0 aliphatic heterocycles. The van der Waals surface area contributed by atoms with Crippen LogP contribution in [0.15, 0.2) is 140 Å². The molecule has 0 saturated heterocycles. The Balaban J connectivity index is 1.38. The van der Waals surface area contributed by atoms with Crippen molar-refractivity contribution < 1.29 is 0 Å².